The Bertz CT molecular complexity index is 285. The van der Waals surface area contributed by atoms with Crippen molar-refractivity contribution in [2.24, 2.45) is 0 Å². The van der Waals surface area contributed by atoms with Crippen molar-refractivity contribution in [3.8, 4) is 0 Å². The topological polar surface area (TPSA) is 41.1 Å². The van der Waals surface area contributed by atoms with Crippen LogP contribution in [0.3, 0.4) is 0 Å². The third-order valence-electron chi connectivity index (χ3n) is 2.05. The molecule has 0 fully saturated rings. The zero-order valence-electron chi connectivity index (χ0n) is 9.12. The smallest absolute Gasteiger partial charge is 0.251 e. The molecule has 1 rings (SSSR count). The summed E-state index contributed by atoms with van der Waals surface area (Å²) in [6, 6.07) is 9.26. The highest BCUT2D eigenvalue weighted by molar-refractivity contribution is 5.94. The summed E-state index contributed by atoms with van der Waals surface area (Å²) in [7, 11) is 0. The molecule has 0 spiro atoms. The average molecular weight is 206 g/mol. The lowest BCUT2D eigenvalue weighted by molar-refractivity contribution is 0.0954. The Morgan fingerprint density at radius 1 is 1.13 bits per heavy atom. The number of carbonyl (C=O) groups is 1. The van der Waals surface area contributed by atoms with E-state index in [4.69, 9.17) is 0 Å². The maximum absolute atomic E-state index is 11.5. The van der Waals surface area contributed by atoms with Crippen LogP contribution in [0.15, 0.2) is 30.3 Å². The lowest BCUT2D eigenvalue weighted by atomic mass is 10.2. The van der Waals surface area contributed by atoms with Crippen LogP contribution in [0, 0.1) is 0 Å². The molecule has 0 unspecified atom stereocenters. The molecule has 0 aliphatic rings. The number of carbonyl (C=O) groups excluding carboxylic acids is 1. The Morgan fingerprint density at radius 2 is 1.87 bits per heavy atom. The SMILES string of the molecule is CCCNCCNC(=O)c1ccccc1. The second-order valence-electron chi connectivity index (χ2n) is 3.37. The fourth-order valence-corrected chi connectivity index (χ4v) is 1.26. The first-order chi connectivity index (χ1) is 7.34. The van der Waals surface area contributed by atoms with Crippen molar-refractivity contribution in [3.63, 3.8) is 0 Å². The van der Waals surface area contributed by atoms with Gasteiger partial charge in [-0.15, -0.1) is 0 Å². The predicted octanol–water partition coefficient (Wildman–Crippen LogP) is 1.42. The predicted molar refractivity (Wildman–Crippen MR) is 61.9 cm³/mol. The molecule has 1 aromatic rings. The van der Waals surface area contributed by atoms with Crippen LogP contribution in [-0.2, 0) is 0 Å². The van der Waals surface area contributed by atoms with Crippen molar-refractivity contribution >= 4 is 5.91 Å². The van der Waals surface area contributed by atoms with E-state index in [1.807, 2.05) is 30.3 Å². The van der Waals surface area contributed by atoms with E-state index in [1.165, 1.54) is 0 Å². The number of rotatable bonds is 6. The van der Waals surface area contributed by atoms with E-state index in [2.05, 4.69) is 17.6 Å². The zero-order valence-corrected chi connectivity index (χ0v) is 9.12. The lowest BCUT2D eigenvalue weighted by Gasteiger charge is -2.05. The van der Waals surface area contributed by atoms with Crippen LogP contribution in [0.5, 0.6) is 0 Å². The number of benzene rings is 1. The Morgan fingerprint density at radius 3 is 2.53 bits per heavy atom. The van der Waals surface area contributed by atoms with Gasteiger partial charge in [0.15, 0.2) is 0 Å². The van der Waals surface area contributed by atoms with Gasteiger partial charge in [0.2, 0.25) is 0 Å². The van der Waals surface area contributed by atoms with E-state index in [9.17, 15) is 4.79 Å². The number of hydrogen-bond donors (Lipinski definition) is 2. The van der Waals surface area contributed by atoms with Gasteiger partial charge < -0.3 is 10.6 Å². The Kier molecular flexibility index (Phi) is 5.48. The first-order valence-corrected chi connectivity index (χ1v) is 5.38. The monoisotopic (exact) mass is 206 g/mol. The van der Waals surface area contributed by atoms with Crippen LogP contribution in [0.4, 0.5) is 0 Å². The van der Waals surface area contributed by atoms with E-state index in [0.29, 0.717) is 12.1 Å². The maximum atomic E-state index is 11.5. The summed E-state index contributed by atoms with van der Waals surface area (Å²) in [6.07, 6.45) is 1.12. The first-order valence-electron chi connectivity index (χ1n) is 5.38. The van der Waals surface area contributed by atoms with Crippen molar-refractivity contribution < 1.29 is 4.79 Å². The van der Waals surface area contributed by atoms with E-state index in [0.717, 1.165) is 19.5 Å². The van der Waals surface area contributed by atoms with E-state index >= 15 is 0 Å². The normalized spacial score (nSPS) is 9.93. The molecular formula is C12H18N2O. The molecule has 2 N–H and O–H groups in total. The second-order valence-corrected chi connectivity index (χ2v) is 3.37. The molecule has 15 heavy (non-hydrogen) atoms. The summed E-state index contributed by atoms with van der Waals surface area (Å²) in [5.74, 6) is -0.00565. The highest BCUT2D eigenvalue weighted by Gasteiger charge is 2.01. The molecule has 0 heterocycles. The third-order valence-corrected chi connectivity index (χ3v) is 2.05. The maximum Gasteiger partial charge on any atom is 0.251 e. The molecule has 0 saturated heterocycles. The molecule has 0 bridgehead atoms. The summed E-state index contributed by atoms with van der Waals surface area (Å²) < 4.78 is 0. The standard InChI is InChI=1S/C12H18N2O/c1-2-8-13-9-10-14-12(15)11-6-4-3-5-7-11/h3-7,13H,2,8-10H2,1H3,(H,14,15). The Labute approximate surface area is 90.9 Å². The molecule has 0 aliphatic heterocycles. The minimum absolute atomic E-state index is 0.00565. The number of nitrogens with one attached hydrogen (secondary N) is 2. The van der Waals surface area contributed by atoms with Gasteiger partial charge in [-0.3, -0.25) is 4.79 Å². The summed E-state index contributed by atoms with van der Waals surface area (Å²) >= 11 is 0. The van der Waals surface area contributed by atoms with Gasteiger partial charge in [-0.05, 0) is 25.1 Å². The van der Waals surface area contributed by atoms with Gasteiger partial charge in [0.1, 0.15) is 0 Å². The van der Waals surface area contributed by atoms with Crippen molar-refractivity contribution in [3.05, 3.63) is 35.9 Å². The van der Waals surface area contributed by atoms with Gasteiger partial charge in [0, 0.05) is 18.7 Å². The summed E-state index contributed by atoms with van der Waals surface area (Å²) in [5, 5.41) is 6.08. The van der Waals surface area contributed by atoms with E-state index < -0.39 is 0 Å². The molecule has 0 saturated carbocycles. The highest BCUT2D eigenvalue weighted by Crippen LogP contribution is 1.96. The van der Waals surface area contributed by atoms with Crippen molar-refractivity contribution in [1.29, 1.82) is 0 Å². The molecule has 82 valence electrons. The largest absolute Gasteiger partial charge is 0.351 e. The Balaban J connectivity index is 2.20. The van der Waals surface area contributed by atoms with Gasteiger partial charge in [-0.25, -0.2) is 0 Å². The molecule has 1 amide bonds. The molecule has 0 aromatic heterocycles. The van der Waals surface area contributed by atoms with Gasteiger partial charge in [-0.2, -0.15) is 0 Å². The molecule has 1 aromatic carbocycles. The average Bonchev–Trinajstić information content (AvgIpc) is 2.30. The number of amides is 1. The zero-order chi connectivity index (χ0) is 10.9. The summed E-state index contributed by atoms with van der Waals surface area (Å²) in [5.41, 5.74) is 0.716. The molecule has 0 atom stereocenters. The van der Waals surface area contributed by atoms with Gasteiger partial charge >= 0.3 is 0 Å². The Hall–Kier alpha value is -1.35. The fourth-order valence-electron chi connectivity index (χ4n) is 1.26. The molecule has 0 radical (unpaired) electrons. The van der Waals surface area contributed by atoms with Crippen LogP contribution in [-0.4, -0.2) is 25.5 Å². The summed E-state index contributed by atoms with van der Waals surface area (Å²) in [6.45, 7) is 4.62. The fraction of sp³-hybridized carbons (Fsp3) is 0.417. The van der Waals surface area contributed by atoms with Crippen molar-refractivity contribution in [2.75, 3.05) is 19.6 Å². The van der Waals surface area contributed by atoms with Crippen LogP contribution in [0.1, 0.15) is 23.7 Å². The van der Waals surface area contributed by atoms with E-state index in [1.54, 1.807) is 0 Å². The molecule has 3 nitrogen and oxygen atoms in total. The van der Waals surface area contributed by atoms with Crippen LogP contribution < -0.4 is 10.6 Å². The van der Waals surface area contributed by atoms with Gasteiger partial charge in [0.05, 0.1) is 0 Å². The van der Waals surface area contributed by atoms with Crippen LogP contribution in [0.25, 0.3) is 0 Å². The molecular weight excluding hydrogens is 188 g/mol. The summed E-state index contributed by atoms with van der Waals surface area (Å²) in [4.78, 5) is 11.5. The molecule has 3 heteroatoms. The quantitative estimate of drug-likeness (QED) is 0.691. The number of hydrogen-bond acceptors (Lipinski definition) is 2. The van der Waals surface area contributed by atoms with E-state index in [-0.39, 0.29) is 5.91 Å². The highest BCUT2D eigenvalue weighted by atomic mass is 16.1. The van der Waals surface area contributed by atoms with Crippen molar-refractivity contribution in [2.45, 2.75) is 13.3 Å². The third kappa shape index (κ3) is 4.61. The minimum atomic E-state index is -0.00565. The minimum Gasteiger partial charge on any atom is -0.351 e. The van der Waals surface area contributed by atoms with Gasteiger partial charge in [0.25, 0.3) is 5.91 Å². The lowest BCUT2D eigenvalue weighted by Crippen LogP contribution is -2.32. The second kappa shape index (κ2) is 7.01. The molecule has 0 aliphatic carbocycles. The van der Waals surface area contributed by atoms with Gasteiger partial charge in [-0.1, -0.05) is 25.1 Å². The van der Waals surface area contributed by atoms with Crippen LogP contribution >= 0.6 is 0 Å². The van der Waals surface area contributed by atoms with Crippen LogP contribution in [0.2, 0.25) is 0 Å². The first kappa shape index (κ1) is 11.7. The van der Waals surface area contributed by atoms with Crippen molar-refractivity contribution in [1.82, 2.24) is 10.6 Å².